The molecule has 0 spiro atoms. The Kier molecular flexibility index (Phi) is 8.18. The lowest BCUT2D eigenvalue weighted by Crippen LogP contribution is -2.36. The Morgan fingerprint density at radius 1 is 1.26 bits per heavy atom. The highest BCUT2D eigenvalue weighted by Crippen LogP contribution is 2.15. The van der Waals surface area contributed by atoms with Crippen molar-refractivity contribution >= 4 is 27.5 Å². The molecule has 0 saturated heterocycles. The summed E-state index contributed by atoms with van der Waals surface area (Å²) in [6.45, 7) is 1.10. The quantitative estimate of drug-likeness (QED) is 0.646. The number of aromatic nitrogens is 1. The van der Waals surface area contributed by atoms with Crippen LogP contribution in [0.2, 0.25) is 5.02 Å². The van der Waals surface area contributed by atoms with Gasteiger partial charge in [-0.1, -0.05) is 23.7 Å². The van der Waals surface area contributed by atoms with Gasteiger partial charge in [-0.2, -0.15) is 0 Å². The average Bonchev–Trinajstić information content (AvgIpc) is 2.65. The maximum atomic E-state index is 12.5. The number of ether oxygens (including phenoxy) is 1. The van der Waals surface area contributed by atoms with E-state index in [4.69, 9.17) is 16.3 Å². The SMILES string of the molecule is COCCN(Cc1ccccn1)C(=O)CCNS(=O)(=O)c1cccc(Cl)c1. The third-order valence-electron chi connectivity index (χ3n) is 3.73. The molecule has 0 atom stereocenters. The molecule has 1 aromatic carbocycles. The van der Waals surface area contributed by atoms with Crippen LogP contribution in [0, 0.1) is 0 Å². The van der Waals surface area contributed by atoms with Crippen molar-refractivity contribution in [2.24, 2.45) is 0 Å². The summed E-state index contributed by atoms with van der Waals surface area (Å²) in [6, 6.07) is 11.4. The van der Waals surface area contributed by atoms with E-state index in [0.717, 1.165) is 5.69 Å². The first-order valence-corrected chi connectivity index (χ1v) is 10.2. The lowest BCUT2D eigenvalue weighted by molar-refractivity contribution is -0.132. The number of nitrogens with one attached hydrogen (secondary N) is 1. The van der Waals surface area contributed by atoms with Gasteiger partial charge < -0.3 is 9.64 Å². The van der Waals surface area contributed by atoms with Crippen molar-refractivity contribution in [1.82, 2.24) is 14.6 Å². The average molecular weight is 412 g/mol. The van der Waals surface area contributed by atoms with Gasteiger partial charge in [-0.15, -0.1) is 0 Å². The van der Waals surface area contributed by atoms with Crippen LogP contribution in [0.15, 0.2) is 53.6 Å². The van der Waals surface area contributed by atoms with E-state index in [1.54, 1.807) is 36.4 Å². The molecule has 2 aromatic rings. The maximum absolute atomic E-state index is 12.5. The lowest BCUT2D eigenvalue weighted by Gasteiger charge is -2.22. The number of sulfonamides is 1. The summed E-state index contributed by atoms with van der Waals surface area (Å²) in [6.07, 6.45) is 1.68. The monoisotopic (exact) mass is 411 g/mol. The zero-order valence-corrected chi connectivity index (χ0v) is 16.5. The van der Waals surface area contributed by atoms with Crippen molar-refractivity contribution in [3.05, 3.63) is 59.4 Å². The first-order chi connectivity index (χ1) is 12.9. The van der Waals surface area contributed by atoms with Crippen molar-refractivity contribution < 1.29 is 17.9 Å². The minimum absolute atomic E-state index is 0.0145. The van der Waals surface area contributed by atoms with E-state index in [1.165, 1.54) is 12.1 Å². The van der Waals surface area contributed by atoms with E-state index >= 15 is 0 Å². The zero-order valence-electron chi connectivity index (χ0n) is 15.0. The van der Waals surface area contributed by atoms with Gasteiger partial charge in [0.15, 0.2) is 0 Å². The Morgan fingerprint density at radius 3 is 2.74 bits per heavy atom. The molecule has 1 aromatic heterocycles. The molecule has 0 radical (unpaired) electrons. The smallest absolute Gasteiger partial charge is 0.240 e. The van der Waals surface area contributed by atoms with Crippen LogP contribution in [0.1, 0.15) is 12.1 Å². The van der Waals surface area contributed by atoms with Gasteiger partial charge in [-0.3, -0.25) is 9.78 Å². The Morgan fingerprint density at radius 2 is 2.07 bits per heavy atom. The predicted molar refractivity (Wildman–Crippen MR) is 103 cm³/mol. The Bertz CT molecular complexity index is 847. The number of pyridine rings is 1. The number of nitrogens with zero attached hydrogens (tertiary/aromatic N) is 2. The summed E-state index contributed by atoms with van der Waals surface area (Å²) in [7, 11) is -2.16. The molecule has 0 fully saturated rings. The van der Waals surface area contributed by atoms with E-state index in [0.29, 0.717) is 24.7 Å². The van der Waals surface area contributed by atoms with Crippen molar-refractivity contribution in [2.45, 2.75) is 17.9 Å². The molecule has 146 valence electrons. The second kappa shape index (κ2) is 10.4. The van der Waals surface area contributed by atoms with E-state index in [9.17, 15) is 13.2 Å². The van der Waals surface area contributed by atoms with Gasteiger partial charge in [0.05, 0.1) is 23.7 Å². The fourth-order valence-electron chi connectivity index (χ4n) is 2.35. The zero-order chi connectivity index (χ0) is 19.7. The largest absolute Gasteiger partial charge is 0.383 e. The molecule has 0 bridgehead atoms. The summed E-state index contributed by atoms with van der Waals surface area (Å²) in [4.78, 5) is 18.4. The summed E-state index contributed by atoms with van der Waals surface area (Å²) in [5, 5.41) is 0.329. The molecule has 27 heavy (non-hydrogen) atoms. The number of hydrogen-bond acceptors (Lipinski definition) is 5. The van der Waals surface area contributed by atoms with Crippen LogP contribution >= 0.6 is 11.6 Å². The van der Waals surface area contributed by atoms with Crippen molar-refractivity contribution in [3.63, 3.8) is 0 Å². The number of benzene rings is 1. The van der Waals surface area contributed by atoms with Gasteiger partial charge >= 0.3 is 0 Å². The Labute approximate surface area is 164 Å². The molecule has 1 N–H and O–H groups in total. The number of carbonyl (C=O) groups excluding carboxylic acids is 1. The van der Waals surface area contributed by atoms with Crippen molar-refractivity contribution in [2.75, 3.05) is 26.8 Å². The van der Waals surface area contributed by atoms with Crippen molar-refractivity contribution in [1.29, 1.82) is 0 Å². The fraction of sp³-hybridized carbons (Fsp3) is 0.333. The second-order valence-corrected chi connectivity index (χ2v) is 7.94. The first kappa shape index (κ1) is 21.3. The summed E-state index contributed by atoms with van der Waals surface area (Å²) in [5.74, 6) is -0.188. The highest BCUT2D eigenvalue weighted by atomic mass is 35.5. The van der Waals surface area contributed by atoms with Crippen LogP contribution in [-0.4, -0.2) is 51.0 Å². The minimum Gasteiger partial charge on any atom is -0.383 e. The molecule has 0 aliphatic carbocycles. The van der Waals surface area contributed by atoms with Crippen LogP contribution in [0.3, 0.4) is 0 Å². The highest BCUT2D eigenvalue weighted by molar-refractivity contribution is 7.89. The number of amides is 1. The van der Waals surface area contributed by atoms with Crippen LogP contribution in [0.5, 0.6) is 0 Å². The molecule has 7 nitrogen and oxygen atoms in total. The Hall–Kier alpha value is -2.00. The number of carbonyl (C=O) groups is 1. The van der Waals surface area contributed by atoms with Gasteiger partial charge in [0, 0.05) is 37.8 Å². The molecule has 9 heteroatoms. The van der Waals surface area contributed by atoms with E-state index < -0.39 is 10.0 Å². The normalized spacial score (nSPS) is 11.3. The molecule has 1 amide bonds. The molecule has 0 saturated carbocycles. The summed E-state index contributed by atoms with van der Waals surface area (Å²) >= 11 is 5.83. The summed E-state index contributed by atoms with van der Waals surface area (Å²) < 4.78 is 32.0. The van der Waals surface area contributed by atoms with E-state index in [1.807, 2.05) is 12.1 Å². The van der Waals surface area contributed by atoms with E-state index in [-0.39, 0.29) is 23.8 Å². The standard InChI is InChI=1S/C18H22ClN3O4S/c1-26-12-11-22(14-16-6-2-3-9-20-16)18(23)8-10-21-27(24,25)17-7-4-5-15(19)13-17/h2-7,9,13,21H,8,10-12,14H2,1H3. The third-order valence-corrected chi connectivity index (χ3v) is 5.43. The minimum atomic E-state index is -3.72. The highest BCUT2D eigenvalue weighted by Gasteiger charge is 2.17. The van der Waals surface area contributed by atoms with Crippen LogP contribution in [-0.2, 0) is 26.1 Å². The Balaban J connectivity index is 1.94. The fourth-order valence-corrected chi connectivity index (χ4v) is 3.68. The number of halogens is 1. The van der Waals surface area contributed by atoms with Crippen LogP contribution in [0.25, 0.3) is 0 Å². The van der Waals surface area contributed by atoms with Gasteiger partial charge in [-0.25, -0.2) is 13.1 Å². The third kappa shape index (κ3) is 6.91. The van der Waals surface area contributed by atoms with Gasteiger partial charge in [0.1, 0.15) is 0 Å². The topological polar surface area (TPSA) is 88.6 Å². The molecule has 0 unspecified atom stereocenters. The van der Waals surface area contributed by atoms with Gasteiger partial charge in [-0.05, 0) is 30.3 Å². The first-order valence-electron chi connectivity index (χ1n) is 8.34. The maximum Gasteiger partial charge on any atom is 0.240 e. The van der Waals surface area contributed by atoms with Gasteiger partial charge in [0.25, 0.3) is 0 Å². The van der Waals surface area contributed by atoms with E-state index in [2.05, 4.69) is 9.71 Å². The van der Waals surface area contributed by atoms with Gasteiger partial charge in [0.2, 0.25) is 15.9 Å². The number of methoxy groups -OCH3 is 1. The molecular weight excluding hydrogens is 390 g/mol. The molecule has 2 rings (SSSR count). The van der Waals surface area contributed by atoms with Crippen molar-refractivity contribution in [3.8, 4) is 0 Å². The van der Waals surface area contributed by atoms with Crippen LogP contribution < -0.4 is 4.72 Å². The molecule has 0 aliphatic heterocycles. The number of rotatable bonds is 10. The predicted octanol–water partition coefficient (Wildman–Crippen LogP) is 2.08. The second-order valence-electron chi connectivity index (χ2n) is 5.73. The molecule has 0 aliphatic rings. The lowest BCUT2D eigenvalue weighted by atomic mass is 10.3. The molecular formula is C18H22ClN3O4S. The summed E-state index contributed by atoms with van der Waals surface area (Å²) in [5.41, 5.74) is 0.751. The van der Waals surface area contributed by atoms with Crippen LogP contribution in [0.4, 0.5) is 0 Å². The number of hydrogen-bond donors (Lipinski definition) is 1. The molecule has 1 heterocycles.